The minimum Gasteiger partial charge on any atom is -0.331 e. The fourth-order valence-corrected chi connectivity index (χ4v) is 5.05. The molecule has 0 aliphatic rings. The first-order valence-electron chi connectivity index (χ1n) is 14.9. The van der Waals surface area contributed by atoms with E-state index in [2.05, 4.69) is 69.6 Å². The molecule has 0 amide bonds. The first-order valence-corrected chi connectivity index (χ1v) is 14.9. The Kier molecular flexibility index (Phi) is 13.4. The maximum absolute atomic E-state index is 4.64. The Morgan fingerprint density at radius 1 is 0.500 bits per heavy atom. The highest BCUT2D eigenvalue weighted by atomic mass is 15.1. The molecule has 3 aromatic rings. The summed E-state index contributed by atoms with van der Waals surface area (Å²) in [7, 11) is 0. The Labute approximate surface area is 220 Å². The Hall–Kier alpha value is -2.36. The molecule has 2 heterocycles. The number of rotatable bonds is 20. The van der Waals surface area contributed by atoms with Gasteiger partial charge >= 0.3 is 0 Å². The summed E-state index contributed by atoms with van der Waals surface area (Å²) in [5.74, 6) is 2.45. The summed E-state index contributed by atoms with van der Waals surface area (Å²) in [6, 6.07) is 9.11. The first-order chi connectivity index (χ1) is 17.8. The fraction of sp³-hybridized carbons (Fsp3) is 0.625. The lowest BCUT2D eigenvalue weighted by Gasteiger charge is -2.11. The van der Waals surface area contributed by atoms with Crippen LogP contribution in [0.5, 0.6) is 0 Å². The van der Waals surface area contributed by atoms with Gasteiger partial charge in [-0.1, -0.05) is 115 Å². The summed E-state index contributed by atoms with van der Waals surface area (Å²) >= 11 is 0. The summed E-state index contributed by atoms with van der Waals surface area (Å²) in [6.45, 7) is 6.37. The molecule has 3 rings (SSSR count). The first kappa shape index (κ1) is 28.2. The average molecular weight is 491 g/mol. The molecular formula is C32H50N4. The number of nitrogens with zero attached hydrogens (tertiary/aromatic N) is 4. The van der Waals surface area contributed by atoms with Crippen molar-refractivity contribution in [3.05, 3.63) is 71.8 Å². The van der Waals surface area contributed by atoms with Crippen molar-refractivity contribution in [3.63, 3.8) is 0 Å². The zero-order valence-corrected chi connectivity index (χ0v) is 23.1. The second-order valence-electron chi connectivity index (χ2n) is 10.5. The molecular weight excluding hydrogens is 440 g/mol. The van der Waals surface area contributed by atoms with Crippen LogP contribution in [-0.4, -0.2) is 19.1 Å². The number of imidazole rings is 2. The second kappa shape index (κ2) is 17.2. The number of aromatic nitrogens is 4. The van der Waals surface area contributed by atoms with E-state index in [0.29, 0.717) is 0 Å². The van der Waals surface area contributed by atoms with Crippen molar-refractivity contribution in [2.24, 2.45) is 0 Å². The normalized spacial score (nSPS) is 11.4. The predicted octanol–water partition coefficient (Wildman–Crippen LogP) is 8.76. The summed E-state index contributed by atoms with van der Waals surface area (Å²) in [4.78, 5) is 9.28. The van der Waals surface area contributed by atoms with Crippen LogP contribution in [0.4, 0.5) is 0 Å². The van der Waals surface area contributed by atoms with Crippen LogP contribution in [0.15, 0.2) is 49.1 Å². The van der Waals surface area contributed by atoms with Crippen LogP contribution in [0.25, 0.3) is 0 Å². The van der Waals surface area contributed by atoms with Crippen molar-refractivity contribution in [1.29, 1.82) is 0 Å². The topological polar surface area (TPSA) is 35.6 Å². The highest BCUT2D eigenvalue weighted by molar-refractivity contribution is 5.23. The highest BCUT2D eigenvalue weighted by Crippen LogP contribution is 2.15. The van der Waals surface area contributed by atoms with Crippen LogP contribution < -0.4 is 0 Å². The van der Waals surface area contributed by atoms with Crippen molar-refractivity contribution in [2.75, 3.05) is 0 Å². The Bertz CT molecular complexity index is 860. The number of benzene rings is 1. The minimum atomic E-state index is 0.903. The predicted molar refractivity (Wildman–Crippen MR) is 152 cm³/mol. The van der Waals surface area contributed by atoms with Crippen molar-refractivity contribution in [2.45, 2.75) is 130 Å². The number of unbranched alkanes of at least 4 members (excludes halogenated alkanes) is 12. The SMILES string of the molecule is CCCCCCCCCc1nccn1Cc1ccc(Cn2ccnc2CCCCCCCCC)cc1. The van der Waals surface area contributed by atoms with Crippen molar-refractivity contribution in [3.8, 4) is 0 Å². The van der Waals surface area contributed by atoms with E-state index in [-0.39, 0.29) is 0 Å². The van der Waals surface area contributed by atoms with Crippen LogP contribution >= 0.6 is 0 Å². The average Bonchev–Trinajstić information content (AvgIpc) is 3.53. The van der Waals surface area contributed by atoms with Gasteiger partial charge in [-0.2, -0.15) is 0 Å². The Morgan fingerprint density at radius 2 is 0.861 bits per heavy atom. The standard InChI is InChI=1S/C32H50N4/c1-3-5-7-9-11-13-15-17-31-33-23-25-35(31)27-29-19-21-30(22-20-29)28-36-26-24-34-32(36)18-16-14-12-10-8-6-4-2/h19-26H,3-18,27-28H2,1-2H3. The lowest BCUT2D eigenvalue weighted by Crippen LogP contribution is -2.06. The Balaban J connectivity index is 1.40. The quantitative estimate of drug-likeness (QED) is 0.148. The summed E-state index contributed by atoms with van der Waals surface area (Å²) in [5, 5.41) is 0. The third-order valence-electron chi connectivity index (χ3n) is 7.34. The molecule has 4 nitrogen and oxygen atoms in total. The van der Waals surface area contributed by atoms with E-state index < -0.39 is 0 Å². The molecule has 0 saturated carbocycles. The third kappa shape index (κ3) is 10.3. The molecule has 0 atom stereocenters. The molecule has 0 bridgehead atoms. The molecule has 198 valence electrons. The molecule has 4 heteroatoms. The maximum Gasteiger partial charge on any atom is 0.108 e. The van der Waals surface area contributed by atoms with Crippen molar-refractivity contribution in [1.82, 2.24) is 19.1 Å². The molecule has 0 aliphatic carbocycles. The van der Waals surface area contributed by atoms with Crippen LogP contribution in [0.2, 0.25) is 0 Å². The van der Waals surface area contributed by atoms with E-state index in [9.17, 15) is 0 Å². The molecule has 0 unspecified atom stereocenters. The molecule has 0 radical (unpaired) electrons. The van der Waals surface area contributed by atoms with E-state index in [1.54, 1.807) is 0 Å². The molecule has 0 saturated heterocycles. The molecule has 0 spiro atoms. The van der Waals surface area contributed by atoms with Gasteiger partial charge in [-0.3, -0.25) is 0 Å². The maximum atomic E-state index is 4.64. The second-order valence-corrected chi connectivity index (χ2v) is 10.5. The molecule has 36 heavy (non-hydrogen) atoms. The zero-order chi connectivity index (χ0) is 25.3. The van der Waals surface area contributed by atoms with Crippen LogP contribution in [0.1, 0.15) is 127 Å². The monoisotopic (exact) mass is 490 g/mol. The summed E-state index contributed by atoms with van der Waals surface area (Å²) in [5.41, 5.74) is 2.68. The molecule has 1 aromatic carbocycles. The number of aryl methyl sites for hydroxylation is 2. The minimum absolute atomic E-state index is 0.903. The lowest BCUT2D eigenvalue weighted by atomic mass is 10.1. The van der Waals surface area contributed by atoms with Gasteiger partial charge in [0.2, 0.25) is 0 Å². The van der Waals surface area contributed by atoms with Crippen LogP contribution in [-0.2, 0) is 25.9 Å². The largest absolute Gasteiger partial charge is 0.331 e. The smallest absolute Gasteiger partial charge is 0.108 e. The zero-order valence-electron chi connectivity index (χ0n) is 23.1. The van der Waals surface area contributed by atoms with Gasteiger partial charge in [0.25, 0.3) is 0 Å². The van der Waals surface area contributed by atoms with Gasteiger partial charge in [0.15, 0.2) is 0 Å². The van der Waals surface area contributed by atoms with Gasteiger partial charge < -0.3 is 9.13 Å². The van der Waals surface area contributed by atoms with Crippen molar-refractivity contribution < 1.29 is 0 Å². The van der Waals surface area contributed by atoms with E-state index in [1.807, 2.05) is 12.4 Å². The highest BCUT2D eigenvalue weighted by Gasteiger charge is 2.06. The summed E-state index contributed by atoms with van der Waals surface area (Å²) < 4.78 is 4.64. The van der Waals surface area contributed by atoms with Gasteiger partial charge in [0, 0.05) is 50.7 Å². The Morgan fingerprint density at radius 3 is 1.25 bits per heavy atom. The third-order valence-corrected chi connectivity index (χ3v) is 7.34. The van der Waals surface area contributed by atoms with Gasteiger partial charge in [0.05, 0.1) is 0 Å². The van der Waals surface area contributed by atoms with Crippen molar-refractivity contribution >= 4 is 0 Å². The molecule has 2 aromatic heterocycles. The van der Waals surface area contributed by atoms with E-state index in [0.717, 1.165) is 25.9 Å². The lowest BCUT2D eigenvalue weighted by molar-refractivity contribution is 0.577. The van der Waals surface area contributed by atoms with E-state index >= 15 is 0 Å². The van der Waals surface area contributed by atoms with Crippen LogP contribution in [0.3, 0.4) is 0 Å². The fourth-order valence-electron chi connectivity index (χ4n) is 5.05. The molecule has 0 fully saturated rings. The molecule has 0 N–H and O–H groups in total. The van der Waals surface area contributed by atoms with Gasteiger partial charge in [-0.25, -0.2) is 9.97 Å². The van der Waals surface area contributed by atoms with E-state index in [1.165, 1.54) is 113 Å². The van der Waals surface area contributed by atoms with E-state index in [4.69, 9.17) is 0 Å². The number of hydrogen-bond acceptors (Lipinski definition) is 2. The number of hydrogen-bond donors (Lipinski definition) is 0. The van der Waals surface area contributed by atoms with Gasteiger partial charge in [-0.15, -0.1) is 0 Å². The molecule has 0 aliphatic heterocycles. The van der Waals surface area contributed by atoms with Gasteiger partial charge in [0.1, 0.15) is 11.6 Å². The summed E-state index contributed by atoms with van der Waals surface area (Å²) in [6.07, 6.45) is 29.1. The van der Waals surface area contributed by atoms with Gasteiger partial charge in [-0.05, 0) is 24.0 Å². The van der Waals surface area contributed by atoms with Crippen LogP contribution in [0, 0.1) is 0 Å².